The van der Waals surface area contributed by atoms with Crippen LogP contribution in [0.2, 0.25) is 0 Å². The van der Waals surface area contributed by atoms with E-state index in [2.05, 4.69) is 22.4 Å². The molecule has 0 aliphatic carbocycles. The van der Waals surface area contributed by atoms with Gasteiger partial charge in [0.2, 0.25) is 0 Å². The number of hydrogen-bond donors (Lipinski definition) is 1. The number of nitrogens with zero attached hydrogens (tertiary/aromatic N) is 1. The Balaban J connectivity index is 1.80. The van der Waals surface area contributed by atoms with Crippen molar-refractivity contribution in [2.75, 3.05) is 18.0 Å². The zero-order chi connectivity index (χ0) is 13.9. The summed E-state index contributed by atoms with van der Waals surface area (Å²) in [6.07, 6.45) is 1.71. The van der Waals surface area contributed by atoms with Crippen LogP contribution in [0, 0.1) is 0 Å². The highest BCUT2D eigenvalue weighted by molar-refractivity contribution is 7.09. The molecule has 1 unspecified atom stereocenters. The van der Waals surface area contributed by atoms with Gasteiger partial charge in [-0.1, -0.05) is 24.3 Å². The molecule has 2 heterocycles. The van der Waals surface area contributed by atoms with Crippen LogP contribution in [-0.2, 0) is 11.2 Å². The van der Waals surface area contributed by atoms with Crippen molar-refractivity contribution in [3.8, 4) is 0 Å². The summed E-state index contributed by atoms with van der Waals surface area (Å²) in [5.74, 6) is -1.07. The minimum atomic E-state index is -0.713. The summed E-state index contributed by atoms with van der Waals surface area (Å²) in [5, 5.41) is 11.4. The second-order valence-electron chi connectivity index (χ2n) is 5.05. The summed E-state index contributed by atoms with van der Waals surface area (Å²) in [7, 11) is 0. The molecule has 0 fully saturated rings. The molecular formula is C16H17NO2S. The molecule has 1 N–H and O–H groups in total. The molecule has 1 aliphatic heterocycles. The first kappa shape index (κ1) is 13.2. The maximum Gasteiger partial charge on any atom is 0.311 e. The molecule has 0 bridgehead atoms. The van der Waals surface area contributed by atoms with Gasteiger partial charge in [0.05, 0.1) is 5.92 Å². The summed E-state index contributed by atoms with van der Waals surface area (Å²) in [6.45, 7) is 1.77. The van der Waals surface area contributed by atoms with Crippen LogP contribution < -0.4 is 4.90 Å². The molecule has 1 aromatic heterocycles. The Morgan fingerprint density at radius 2 is 2.15 bits per heavy atom. The van der Waals surface area contributed by atoms with Gasteiger partial charge in [-0.2, -0.15) is 0 Å². The first-order valence-corrected chi connectivity index (χ1v) is 7.73. The predicted octanol–water partition coefficient (Wildman–Crippen LogP) is 3.37. The number of hydrogen-bond acceptors (Lipinski definition) is 3. The minimum absolute atomic E-state index is 0.357. The zero-order valence-electron chi connectivity index (χ0n) is 11.2. The third-order valence-electron chi connectivity index (χ3n) is 3.85. The average Bonchev–Trinajstić information content (AvgIpc) is 2.97. The molecule has 3 nitrogen and oxygen atoms in total. The summed E-state index contributed by atoms with van der Waals surface area (Å²) < 4.78 is 0. The van der Waals surface area contributed by atoms with Crippen LogP contribution in [0.3, 0.4) is 0 Å². The molecule has 0 radical (unpaired) electrons. The molecule has 20 heavy (non-hydrogen) atoms. The number of para-hydroxylation sites is 1. The summed E-state index contributed by atoms with van der Waals surface area (Å²) in [6, 6.07) is 12.1. The molecule has 3 rings (SSSR count). The van der Waals surface area contributed by atoms with Crippen LogP contribution >= 0.6 is 11.3 Å². The highest BCUT2D eigenvalue weighted by atomic mass is 32.1. The van der Waals surface area contributed by atoms with E-state index in [1.54, 1.807) is 11.3 Å². The first-order valence-electron chi connectivity index (χ1n) is 6.85. The average molecular weight is 287 g/mol. The number of carboxylic acids is 1. The molecular weight excluding hydrogens is 270 g/mol. The van der Waals surface area contributed by atoms with Gasteiger partial charge < -0.3 is 10.0 Å². The lowest BCUT2D eigenvalue weighted by Gasteiger charge is -2.34. The number of aliphatic carboxylic acids is 1. The molecule has 4 heteroatoms. The standard InChI is InChI=1S/C16H17NO2S/c18-16(19)14-8-10-17(9-7-12-4-3-11-20-12)15-6-2-1-5-13(14)15/h1-6,11,14H,7-10H2,(H,18,19). The van der Waals surface area contributed by atoms with Gasteiger partial charge in [-0.15, -0.1) is 11.3 Å². The van der Waals surface area contributed by atoms with E-state index in [1.807, 2.05) is 24.3 Å². The van der Waals surface area contributed by atoms with Crippen molar-refractivity contribution in [2.45, 2.75) is 18.8 Å². The molecule has 1 aliphatic rings. The normalized spacial score (nSPS) is 17.8. The van der Waals surface area contributed by atoms with E-state index >= 15 is 0 Å². The van der Waals surface area contributed by atoms with Crippen molar-refractivity contribution in [1.82, 2.24) is 0 Å². The predicted molar refractivity (Wildman–Crippen MR) is 81.7 cm³/mol. The van der Waals surface area contributed by atoms with Crippen molar-refractivity contribution in [3.63, 3.8) is 0 Å². The number of thiophene rings is 1. The fourth-order valence-corrected chi connectivity index (χ4v) is 3.52. The molecule has 0 saturated carbocycles. The highest BCUT2D eigenvalue weighted by Gasteiger charge is 2.29. The minimum Gasteiger partial charge on any atom is -0.481 e. The summed E-state index contributed by atoms with van der Waals surface area (Å²) >= 11 is 1.78. The van der Waals surface area contributed by atoms with Gasteiger partial charge in [-0.05, 0) is 35.9 Å². The lowest BCUT2D eigenvalue weighted by atomic mass is 9.90. The van der Waals surface area contributed by atoms with E-state index in [0.29, 0.717) is 6.42 Å². The molecule has 1 aromatic carbocycles. The SMILES string of the molecule is O=C(O)C1CCN(CCc2cccs2)c2ccccc21. The fraction of sp³-hybridized carbons (Fsp3) is 0.312. The van der Waals surface area contributed by atoms with Crippen LogP contribution in [0.5, 0.6) is 0 Å². The number of fused-ring (bicyclic) bond motifs is 1. The Hall–Kier alpha value is -1.81. The molecule has 0 spiro atoms. The summed E-state index contributed by atoms with van der Waals surface area (Å²) in [4.78, 5) is 15.0. The second kappa shape index (κ2) is 5.67. The van der Waals surface area contributed by atoms with E-state index < -0.39 is 5.97 Å². The maximum atomic E-state index is 11.4. The van der Waals surface area contributed by atoms with Crippen molar-refractivity contribution in [2.24, 2.45) is 0 Å². The largest absolute Gasteiger partial charge is 0.481 e. The zero-order valence-corrected chi connectivity index (χ0v) is 12.0. The van der Waals surface area contributed by atoms with E-state index in [9.17, 15) is 9.90 Å². The maximum absolute atomic E-state index is 11.4. The Morgan fingerprint density at radius 1 is 1.30 bits per heavy atom. The lowest BCUT2D eigenvalue weighted by Crippen LogP contribution is -2.34. The Morgan fingerprint density at radius 3 is 2.90 bits per heavy atom. The monoisotopic (exact) mass is 287 g/mol. The molecule has 1 atom stereocenters. The van der Waals surface area contributed by atoms with Gasteiger partial charge >= 0.3 is 5.97 Å². The van der Waals surface area contributed by atoms with E-state index in [4.69, 9.17) is 0 Å². The number of rotatable bonds is 4. The van der Waals surface area contributed by atoms with Crippen LogP contribution in [0.1, 0.15) is 22.8 Å². The molecule has 2 aromatic rings. The summed E-state index contributed by atoms with van der Waals surface area (Å²) in [5.41, 5.74) is 2.04. The number of carbonyl (C=O) groups is 1. The number of carboxylic acid groups (broad SMARTS) is 1. The van der Waals surface area contributed by atoms with Gasteiger partial charge in [0.1, 0.15) is 0 Å². The fourth-order valence-electron chi connectivity index (χ4n) is 2.82. The Kier molecular flexibility index (Phi) is 3.74. The third-order valence-corrected chi connectivity index (χ3v) is 4.78. The topological polar surface area (TPSA) is 40.5 Å². The van der Waals surface area contributed by atoms with Gasteiger partial charge in [0.15, 0.2) is 0 Å². The van der Waals surface area contributed by atoms with Crippen LogP contribution in [0.25, 0.3) is 0 Å². The van der Waals surface area contributed by atoms with Gasteiger partial charge in [-0.25, -0.2) is 0 Å². The van der Waals surface area contributed by atoms with Gasteiger partial charge in [0.25, 0.3) is 0 Å². The van der Waals surface area contributed by atoms with E-state index in [-0.39, 0.29) is 5.92 Å². The van der Waals surface area contributed by atoms with Crippen molar-refractivity contribution in [3.05, 3.63) is 52.2 Å². The van der Waals surface area contributed by atoms with E-state index in [1.165, 1.54) is 4.88 Å². The third kappa shape index (κ3) is 2.56. The first-order chi connectivity index (χ1) is 9.75. The molecule has 0 amide bonds. The quantitative estimate of drug-likeness (QED) is 0.937. The smallest absolute Gasteiger partial charge is 0.311 e. The van der Waals surface area contributed by atoms with Gasteiger partial charge in [-0.3, -0.25) is 4.79 Å². The molecule has 104 valence electrons. The van der Waals surface area contributed by atoms with Crippen molar-refractivity contribution < 1.29 is 9.90 Å². The number of benzene rings is 1. The van der Waals surface area contributed by atoms with Crippen LogP contribution in [-0.4, -0.2) is 24.2 Å². The second-order valence-corrected chi connectivity index (χ2v) is 6.09. The Labute approximate surface area is 122 Å². The van der Waals surface area contributed by atoms with Crippen molar-refractivity contribution >= 4 is 23.0 Å². The van der Waals surface area contributed by atoms with Gasteiger partial charge in [0, 0.05) is 23.7 Å². The molecule has 0 saturated heterocycles. The lowest BCUT2D eigenvalue weighted by molar-refractivity contribution is -0.139. The van der Waals surface area contributed by atoms with E-state index in [0.717, 1.165) is 30.8 Å². The Bertz CT molecular complexity index is 594. The van der Waals surface area contributed by atoms with Crippen LogP contribution in [0.4, 0.5) is 5.69 Å². The highest BCUT2D eigenvalue weighted by Crippen LogP contribution is 2.35. The number of anilines is 1. The van der Waals surface area contributed by atoms with Crippen LogP contribution in [0.15, 0.2) is 41.8 Å². The van der Waals surface area contributed by atoms with Crippen molar-refractivity contribution in [1.29, 1.82) is 0 Å².